The van der Waals surface area contributed by atoms with E-state index in [1.807, 2.05) is 49.3 Å². The molecule has 0 radical (unpaired) electrons. The van der Waals surface area contributed by atoms with Crippen molar-refractivity contribution in [3.05, 3.63) is 70.3 Å². The van der Waals surface area contributed by atoms with E-state index in [9.17, 15) is 29.1 Å². The first-order chi connectivity index (χ1) is 35.9. The number of aromatic nitrogens is 3. The third-order valence-electron chi connectivity index (χ3n) is 15.4. The van der Waals surface area contributed by atoms with E-state index in [-0.39, 0.29) is 57.0 Å². The van der Waals surface area contributed by atoms with Crippen molar-refractivity contribution < 1.29 is 43.3 Å². The number of amides is 5. The Hall–Kier alpha value is -5.81. The largest absolute Gasteiger partial charge is 0.462 e. The smallest absolute Gasteiger partial charge is 0.355 e. The number of methoxy groups -OCH3 is 1. The number of nitrogens with one attached hydrogen (secondary N) is 2. The van der Waals surface area contributed by atoms with Crippen molar-refractivity contribution in [1.82, 2.24) is 54.8 Å². The van der Waals surface area contributed by atoms with E-state index < -0.39 is 46.7 Å². The number of nitrogens with zero attached hydrogens (tertiary/aromatic N) is 9. The summed E-state index contributed by atoms with van der Waals surface area (Å²) in [6, 6.07) is 8.63. The molecule has 1 spiro atoms. The molecular formula is C54H73N11O9S. The summed E-state index contributed by atoms with van der Waals surface area (Å²) in [6.45, 7) is 13.5. The number of carbonyl (C=O) groups is 5. The van der Waals surface area contributed by atoms with Crippen LogP contribution in [0, 0.1) is 5.41 Å². The summed E-state index contributed by atoms with van der Waals surface area (Å²) in [5.74, 6) is -2.22. The van der Waals surface area contributed by atoms with Crippen molar-refractivity contribution in [2.24, 2.45) is 5.41 Å². The first kappa shape index (κ1) is 54.0. The molecule has 5 amide bonds. The average Bonchev–Trinajstić information content (AvgIpc) is 3.87. The summed E-state index contributed by atoms with van der Waals surface area (Å²) in [5.41, 5.74) is 5.71. The topological polar surface area (TPSA) is 207 Å². The SMILES string of the molecule is CCn1c(-c2cccnc2[C@H](C)OC)c2c3cc(ccc31)-c1csc(n1)C[C@H](NC(=O)[C@H](N(C)C)N(C)C(=O)N1CCN(C(=O)/C=C/CN3CCOCC3)C3(CC3)C1)C(=O)N1CCC[C@@](O)(N1)C(=O)OCC(C)(C)C2. The second-order valence-corrected chi connectivity index (χ2v) is 22.6. The number of likely N-dealkylation sites (N-methyl/N-ethyl adjacent to an activating group) is 2. The van der Waals surface area contributed by atoms with Gasteiger partial charge in [0.25, 0.3) is 11.8 Å². The zero-order chi connectivity index (χ0) is 53.4. The number of cyclic esters (lactones) is 1. The highest BCUT2D eigenvalue weighted by molar-refractivity contribution is 7.10. The summed E-state index contributed by atoms with van der Waals surface area (Å²) >= 11 is 1.35. The number of fused-ring (bicyclic) bond motifs is 6. The Kier molecular flexibility index (Phi) is 15.9. The summed E-state index contributed by atoms with van der Waals surface area (Å²) in [7, 11) is 6.60. The van der Waals surface area contributed by atoms with Crippen LogP contribution in [-0.4, -0.2) is 196 Å². The molecule has 1 aromatic carbocycles. The lowest BCUT2D eigenvalue weighted by molar-refractivity contribution is -0.189. The van der Waals surface area contributed by atoms with Gasteiger partial charge in [-0.2, -0.15) is 5.43 Å². The molecular weight excluding hydrogens is 979 g/mol. The van der Waals surface area contributed by atoms with Crippen molar-refractivity contribution in [1.29, 1.82) is 0 Å². The maximum Gasteiger partial charge on any atom is 0.355 e. The molecule has 3 saturated heterocycles. The number of aliphatic hydroxyl groups is 1. The minimum Gasteiger partial charge on any atom is -0.462 e. The lowest BCUT2D eigenvalue weighted by atomic mass is 9.84. The quantitative estimate of drug-likeness (QED) is 0.110. The van der Waals surface area contributed by atoms with Crippen LogP contribution < -0.4 is 10.7 Å². The zero-order valence-corrected chi connectivity index (χ0v) is 45.4. The fourth-order valence-electron chi connectivity index (χ4n) is 11.2. The van der Waals surface area contributed by atoms with Crippen molar-refractivity contribution in [3.8, 4) is 22.5 Å². The minimum absolute atomic E-state index is 0.0216. The molecule has 404 valence electrons. The summed E-state index contributed by atoms with van der Waals surface area (Å²) in [4.78, 5) is 90.2. The van der Waals surface area contributed by atoms with E-state index in [2.05, 4.69) is 45.3 Å². The third-order valence-corrected chi connectivity index (χ3v) is 16.3. The molecule has 75 heavy (non-hydrogen) atoms. The van der Waals surface area contributed by atoms with Gasteiger partial charge in [0, 0.05) is 124 Å². The van der Waals surface area contributed by atoms with Crippen molar-refractivity contribution in [2.45, 2.75) is 102 Å². The van der Waals surface area contributed by atoms with Gasteiger partial charge in [0.05, 0.1) is 53.6 Å². The van der Waals surface area contributed by atoms with Gasteiger partial charge in [-0.05, 0) is 83.5 Å². The molecule has 4 aromatic rings. The average molecular weight is 1050 g/mol. The van der Waals surface area contributed by atoms with Crippen molar-refractivity contribution in [2.75, 3.05) is 93.9 Å². The van der Waals surface area contributed by atoms with Crippen LogP contribution in [0.1, 0.15) is 75.7 Å². The zero-order valence-electron chi connectivity index (χ0n) is 44.6. The monoisotopic (exact) mass is 1050 g/mol. The molecule has 6 bridgehead atoms. The Bertz CT molecular complexity index is 2820. The van der Waals surface area contributed by atoms with Crippen LogP contribution in [-0.2, 0) is 52.8 Å². The number of hydrogen-bond donors (Lipinski definition) is 3. The molecule has 1 aliphatic carbocycles. The number of thiazole rings is 1. The van der Waals surface area contributed by atoms with E-state index in [1.165, 1.54) is 21.2 Å². The Labute approximate surface area is 442 Å². The highest BCUT2D eigenvalue weighted by atomic mass is 32.1. The van der Waals surface area contributed by atoms with Gasteiger partial charge in [-0.25, -0.2) is 14.6 Å². The van der Waals surface area contributed by atoms with Gasteiger partial charge in [-0.15, -0.1) is 11.3 Å². The van der Waals surface area contributed by atoms with E-state index in [1.54, 1.807) is 50.3 Å². The second kappa shape index (κ2) is 22.0. The number of hydrogen-bond acceptors (Lipinski definition) is 15. The van der Waals surface area contributed by atoms with Gasteiger partial charge in [0.15, 0.2) is 6.17 Å². The van der Waals surface area contributed by atoms with E-state index in [0.717, 1.165) is 64.9 Å². The first-order valence-corrected chi connectivity index (χ1v) is 27.1. The second-order valence-electron chi connectivity index (χ2n) is 21.7. The predicted molar refractivity (Wildman–Crippen MR) is 283 cm³/mol. The number of ether oxygens (including phenoxy) is 3. The molecule has 4 aliphatic heterocycles. The normalized spacial score (nSPS) is 23.1. The number of esters is 1. The van der Waals surface area contributed by atoms with Crippen LogP contribution in [0.5, 0.6) is 0 Å². The van der Waals surface area contributed by atoms with Crippen LogP contribution in [0.25, 0.3) is 33.4 Å². The Morgan fingerprint density at radius 3 is 2.56 bits per heavy atom. The molecule has 9 rings (SSSR count). The lowest BCUT2D eigenvalue weighted by Gasteiger charge is -2.44. The maximum atomic E-state index is 14.8. The van der Waals surface area contributed by atoms with Crippen LogP contribution in [0.2, 0.25) is 0 Å². The molecule has 0 unspecified atom stereocenters. The molecule has 20 nitrogen and oxygen atoms in total. The van der Waals surface area contributed by atoms with Gasteiger partial charge >= 0.3 is 12.0 Å². The van der Waals surface area contributed by atoms with Crippen LogP contribution in [0.4, 0.5) is 4.79 Å². The van der Waals surface area contributed by atoms with Gasteiger partial charge in [0.2, 0.25) is 11.6 Å². The first-order valence-electron chi connectivity index (χ1n) is 26.2. The molecule has 21 heteroatoms. The summed E-state index contributed by atoms with van der Waals surface area (Å²) in [6.07, 6.45) is 6.07. The number of pyridine rings is 1. The Morgan fingerprint density at radius 2 is 1.84 bits per heavy atom. The fourth-order valence-corrected chi connectivity index (χ4v) is 12.0. The van der Waals surface area contributed by atoms with Gasteiger partial charge in [-0.1, -0.05) is 26.0 Å². The molecule has 5 aliphatic rings. The van der Waals surface area contributed by atoms with Crippen molar-refractivity contribution >= 4 is 52.0 Å². The number of hydrazine groups is 1. The van der Waals surface area contributed by atoms with Gasteiger partial charge in [0.1, 0.15) is 6.04 Å². The van der Waals surface area contributed by atoms with Crippen molar-refractivity contribution in [3.63, 3.8) is 0 Å². The van der Waals surface area contributed by atoms with Crippen LogP contribution in [0.3, 0.4) is 0 Å². The molecule has 3 aromatic heterocycles. The maximum absolute atomic E-state index is 14.8. The number of carbonyl (C=O) groups excluding carboxylic acids is 5. The highest BCUT2D eigenvalue weighted by Gasteiger charge is 2.54. The number of piperazine rings is 1. The number of urea groups is 1. The van der Waals surface area contributed by atoms with E-state index in [4.69, 9.17) is 24.2 Å². The molecule has 4 fully saturated rings. The summed E-state index contributed by atoms with van der Waals surface area (Å²) < 4.78 is 19.5. The van der Waals surface area contributed by atoms with E-state index in [0.29, 0.717) is 56.5 Å². The highest BCUT2D eigenvalue weighted by Crippen LogP contribution is 2.45. The van der Waals surface area contributed by atoms with Crippen LogP contribution >= 0.6 is 11.3 Å². The summed E-state index contributed by atoms with van der Waals surface area (Å²) in [5, 5.41) is 19.6. The van der Waals surface area contributed by atoms with Gasteiger partial charge in [-0.3, -0.25) is 34.2 Å². The number of morpholine rings is 1. The molecule has 3 N–H and O–H groups in total. The van der Waals surface area contributed by atoms with Gasteiger partial charge < -0.3 is 43.9 Å². The predicted octanol–water partition coefficient (Wildman–Crippen LogP) is 4.03. The molecule has 4 atom stereocenters. The standard InChI is InChI=1S/C54H73N11O9S/c1-9-63-42-16-15-36-29-38(42)39(46(63)37-13-10-20-55-45(37)35(2)72-8)31-52(3,4)34-74-50(69)54(71)17-12-22-65(58-54)49(68)40(30-43-56-41(36)32-75-43)57-47(67)48(59(5)6)60(7)51(70)62-23-24-64(53(33-62)18-19-53)44(66)14-11-21-61-25-27-73-28-26-61/h10-11,13-16,20,29,32,35,40,48,58,71H,9,12,17-19,21-28,30-31,33-34H2,1-8H3,(H,57,67)/b14-11+/t35-,40-,48+,54-/m0/s1. The fraction of sp³-hybridized carbons (Fsp3) is 0.574. The number of benzene rings is 1. The van der Waals surface area contributed by atoms with E-state index >= 15 is 0 Å². The minimum atomic E-state index is -2.25. The lowest BCUT2D eigenvalue weighted by Crippen LogP contribution is -2.68. The molecule has 1 saturated carbocycles. The number of aryl methyl sites for hydroxylation is 1. The third kappa shape index (κ3) is 11.2. The molecule has 7 heterocycles. The Morgan fingerprint density at radius 1 is 1.07 bits per heavy atom. The Balaban J connectivity index is 0.998. The van der Waals surface area contributed by atoms with Crippen LogP contribution in [0.15, 0.2) is 54.1 Å². The number of rotatable bonds is 11.